The number of amides is 2. The second-order valence-corrected chi connectivity index (χ2v) is 13.7. The summed E-state index contributed by atoms with van der Waals surface area (Å²) in [4.78, 5) is 57.5. The first-order chi connectivity index (χ1) is 19.4. The number of aromatic nitrogens is 1. The number of para-hydroxylation sites is 1. The summed E-state index contributed by atoms with van der Waals surface area (Å²) in [6, 6.07) is 14.8. The van der Waals surface area contributed by atoms with E-state index in [-0.39, 0.29) is 64.7 Å². The van der Waals surface area contributed by atoms with Gasteiger partial charge >= 0.3 is 10.8 Å². The molecule has 6 unspecified atom stereocenters. The molecule has 11 heteroatoms. The molecule has 2 aliphatic carbocycles. The van der Waals surface area contributed by atoms with Gasteiger partial charge in [0.1, 0.15) is 5.75 Å². The second-order valence-electron chi connectivity index (χ2n) is 10.6. The van der Waals surface area contributed by atoms with Crippen molar-refractivity contribution in [3.8, 4) is 5.75 Å². The number of ether oxygens (including phenoxy) is 2. The predicted octanol–water partition coefficient (Wildman–Crippen LogP) is 4.82. The zero-order chi connectivity index (χ0) is 27.7. The topological polar surface area (TPSA) is 106 Å². The summed E-state index contributed by atoms with van der Waals surface area (Å²) in [5.41, 5.74) is 1.47. The average Bonchev–Trinajstić information content (AvgIpc) is 3.67. The first-order valence-electron chi connectivity index (χ1n) is 13.3. The fraction of sp³-hybridized carbons (Fsp3) is 0.379. The number of nitrogens with one attached hydrogen (secondary N) is 1. The number of thioether (sulfide) groups is 1. The van der Waals surface area contributed by atoms with Crippen molar-refractivity contribution in [2.24, 2.45) is 29.6 Å². The van der Waals surface area contributed by atoms with Crippen LogP contribution in [0.3, 0.4) is 0 Å². The number of H-pyrrole nitrogens is 1. The Hall–Kier alpha value is -2.89. The smallest absolute Gasteiger partial charge is 0.344 e. The molecule has 7 atom stereocenters. The lowest BCUT2D eigenvalue weighted by Gasteiger charge is -2.43. The normalized spacial score (nSPS) is 29.8. The Kier molecular flexibility index (Phi) is 6.43. The molecule has 2 saturated carbocycles. The Morgan fingerprint density at radius 3 is 2.58 bits per heavy atom. The molecule has 7 rings (SSSR count). The molecule has 2 bridgehead atoms. The Labute approximate surface area is 246 Å². The number of carbonyl (C=O) groups excluding carboxylic acids is 3. The van der Waals surface area contributed by atoms with Crippen molar-refractivity contribution in [1.29, 1.82) is 0 Å². The van der Waals surface area contributed by atoms with Crippen LogP contribution in [0.15, 0.2) is 62.8 Å². The number of benzene rings is 2. The van der Waals surface area contributed by atoms with E-state index < -0.39 is 11.9 Å². The van der Waals surface area contributed by atoms with Gasteiger partial charge in [-0.3, -0.25) is 19.3 Å². The lowest BCUT2D eigenvalue weighted by Crippen LogP contribution is -2.42. The summed E-state index contributed by atoms with van der Waals surface area (Å²) in [5, 5.41) is 0.872. The molecular formula is C29H25BrN2O6S2. The van der Waals surface area contributed by atoms with E-state index in [1.54, 1.807) is 30.8 Å². The molecule has 0 radical (unpaired) electrons. The number of fused-ring (bicyclic) bond motifs is 9. The van der Waals surface area contributed by atoms with E-state index in [1.807, 2.05) is 36.4 Å². The van der Waals surface area contributed by atoms with E-state index in [9.17, 15) is 19.2 Å². The Bertz CT molecular complexity index is 1590. The number of thiazole rings is 1. The van der Waals surface area contributed by atoms with Gasteiger partial charge in [-0.25, -0.2) is 4.79 Å². The van der Waals surface area contributed by atoms with Crippen molar-refractivity contribution in [2.75, 3.05) is 18.1 Å². The molecule has 1 saturated heterocycles. The Morgan fingerprint density at radius 1 is 1.07 bits per heavy atom. The van der Waals surface area contributed by atoms with Crippen molar-refractivity contribution >= 4 is 62.5 Å². The highest BCUT2D eigenvalue weighted by molar-refractivity contribution is 9.10. The molecule has 2 aliphatic heterocycles. The maximum absolute atomic E-state index is 13.9. The van der Waals surface area contributed by atoms with E-state index in [4.69, 9.17) is 9.47 Å². The number of carbonyl (C=O) groups is 3. The van der Waals surface area contributed by atoms with Gasteiger partial charge in [0.05, 0.1) is 29.2 Å². The lowest BCUT2D eigenvalue weighted by molar-refractivity contribution is -0.145. The first-order valence-corrected chi connectivity index (χ1v) is 15.8. The number of nitrogens with zero attached hydrogens (tertiary/aromatic N) is 1. The van der Waals surface area contributed by atoms with E-state index in [0.29, 0.717) is 11.4 Å². The fourth-order valence-corrected chi connectivity index (χ4v) is 10.7. The van der Waals surface area contributed by atoms with Gasteiger partial charge in [-0.1, -0.05) is 45.5 Å². The summed E-state index contributed by atoms with van der Waals surface area (Å²) in [6.45, 7) is 1.77. The van der Waals surface area contributed by atoms with E-state index in [0.717, 1.165) is 26.4 Å². The molecule has 8 nitrogen and oxygen atoms in total. The van der Waals surface area contributed by atoms with Crippen LogP contribution in [-0.2, 0) is 19.1 Å². The molecule has 3 heterocycles. The number of hydrogen-bond acceptors (Lipinski definition) is 8. The Balaban J connectivity index is 1.31. The van der Waals surface area contributed by atoms with E-state index >= 15 is 0 Å². The van der Waals surface area contributed by atoms with Crippen LogP contribution >= 0.6 is 39.0 Å². The van der Waals surface area contributed by atoms with Crippen LogP contribution in [0.4, 0.5) is 5.69 Å². The van der Waals surface area contributed by atoms with Gasteiger partial charge in [0.25, 0.3) is 0 Å². The van der Waals surface area contributed by atoms with Crippen LogP contribution in [0, 0.1) is 29.6 Å². The summed E-state index contributed by atoms with van der Waals surface area (Å²) >= 11 is 6.42. The number of halogens is 1. The standard InChI is InChI=1S/C29H25BrN2O6S2/c1-2-37-19(33)12-38-18-9-8-13(30)10-15(18)20-21-16-11-17(24(21)39-26-25(20)40-29(36)31-26)23-22(16)27(34)32(28(23)35)14-6-4-3-5-7-14/h3-10,16-17,20-24H,2,11-12H2,1H3,(H,31,36)/t16?,17?,20-,21?,22?,23?,24?/m1/s1. The maximum atomic E-state index is 13.9. The highest BCUT2D eigenvalue weighted by atomic mass is 79.9. The predicted molar refractivity (Wildman–Crippen MR) is 154 cm³/mol. The number of anilines is 1. The summed E-state index contributed by atoms with van der Waals surface area (Å²) < 4.78 is 11.9. The molecule has 4 aliphatic rings. The third-order valence-corrected chi connectivity index (χ3v) is 11.8. The van der Waals surface area contributed by atoms with Crippen LogP contribution in [0.25, 0.3) is 0 Å². The molecule has 2 amide bonds. The van der Waals surface area contributed by atoms with Crippen molar-refractivity contribution in [1.82, 2.24) is 4.98 Å². The van der Waals surface area contributed by atoms with Crippen LogP contribution < -0.4 is 14.5 Å². The van der Waals surface area contributed by atoms with Gasteiger partial charge in [0.2, 0.25) is 11.8 Å². The monoisotopic (exact) mass is 640 g/mol. The number of imide groups is 1. The van der Waals surface area contributed by atoms with E-state index in [2.05, 4.69) is 20.9 Å². The highest BCUT2D eigenvalue weighted by Crippen LogP contribution is 2.69. The molecule has 1 aromatic heterocycles. The van der Waals surface area contributed by atoms with Crippen molar-refractivity contribution < 1.29 is 23.9 Å². The maximum Gasteiger partial charge on any atom is 0.344 e. The number of rotatable bonds is 6. The van der Waals surface area contributed by atoms with Gasteiger partial charge in [-0.15, -0.1) is 11.8 Å². The number of esters is 1. The quantitative estimate of drug-likeness (QED) is 0.304. The zero-order valence-corrected chi connectivity index (χ0v) is 24.6. The molecular weight excluding hydrogens is 616 g/mol. The fourth-order valence-electron chi connectivity index (χ4n) is 7.43. The van der Waals surface area contributed by atoms with Crippen molar-refractivity contribution in [3.63, 3.8) is 0 Å². The summed E-state index contributed by atoms with van der Waals surface area (Å²) in [7, 11) is 0. The van der Waals surface area contributed by atoms with Crippen LogP contribution in [0.5, 0.6) is 5.75 Å². The second kappa shape index (κ2) is 9.88. The minimum Gasteiger partial charge on any atom is -0.482 e. The molecule has 3 aromatic rings. The van der Waals surface area contributed by atoms with Gasteiger partial charge < -0.3 is 14.5 Å². The molecule has 2 aromatic carbocycles. The van der Waals surface area contributed by atoms with Crippen LogP contribution in [0.1, 0.15) is 29.7 Å². The number of aromatic amines is 1. The highest BCUT2D eigenvalue weighted by Gasteiger charge is 2.69. The van der Waals surface area contributed by atoms with Gasteiger partial charge in [-0.2, -0.15) is 0 Å². The molecule has 40 heavy (non-hydrogen) atoms. The third kappa shape index (κ3) is 3.92. The lowest BCUT2D eigenvalue weighted by atomic mass is 9.68. The van der Waals surface area contributed by atoms with Gasteiger partial charge in [0, 0.05) is 26.1 Å². The molecule has 0 spiro atoms. The van der Waals surface area contributed by atoms with Gasteiger partial charge in [-0.05, 0) is 61.4 Å². The SMILES string of the molecule is CCOC(=O)COc1ccc(Br)cc1[C@H]1c2sc(=O)[nH]c2SC2C3CC(C4C(=O)N(c5ccccc5)C(=O)C34)C21. The minimum atomic E-state index is -0.459. The Morgan fingerprint density at radius 2 is 1.82 bits per heavy atom. The zero-order valence-electron chi connectivity index (χ0n) is 21.4. The summed E-state index contributed by atoms with van der Waals surface area (Å²) in [5.74, 6) is -1.14. The van der Waals surface area contributed by atoms with Crippen LogP contribution in [0.2, 0.25) is 0 Å². The summed E-state index contributed by atoms with van der Waals surface area (Å²) in [6.07, 6.45) is 0.792. The van der Waals surface area contributed by atoms with Gasteiger partial charge in [0.15, 0.2) is 6.61 Å². The first kappa shape index (κ1) is 26.0. The largest absolute Gasteiger partial charge is 0.482 e. The van der Waals surface area contributed by atoms with Crippen LogP contribution in [-0.4, -0.2) is 41.2 Å². The van der Waals surface area contributed by atoms with Crippen molar-refractivity contribution in [2.45, 2.75) is 29.5 Å². The van der Waals surface area contributed by atoms with Crippen molar-refractivity contribution in [3.05, 3.63) is 73.1 Å². The average molecular weight is 642 g/mol. The molecule has 206 valence electrons. The van der Waals surface area contributed by atoms with E-state index in [1.165, 1.54) is 16.2 Å². The minimum absolute atomic E-state index is 0.0157. The molecule has 3 fully saturated rings. The number of hydrogen-bond donors (Lipinski definition) is 1. The molecule has 1 N–H and O–H groups in total. The third-order valence-electron chi connectivity index (χ3n) is 8.70.